The molecule has 0 saturated carbocycles. The van der Waals surface area contributed by atoms with Gasteiger partial charge in [-0.25, -0.2) is 0 Å². The molecule has 0 aliphatic heterocycles. The normalized spacial score (nSPS) is 11.5. The van der Waals surface area contributed by atoms with E-state index in [0.717, 1.165) is 51.6 Å². The van der Waals surface area contributed by atoms with Crippen LogP contribution in [0.5, 0.6) is 0 Å². The van der Waals surface area contributed by atoms with Crippen molar-refractivity contribution < 1.29 is 19.1 Å². The van der Waals surface area contributed by atoms with Crippen molar-refractivity contribution in [2.75, 3.05) is 26.3 Å². The van der Waals surface area contributed by atoms with Crippen molar-refractivity contribution in [2.45, 2.75) is 155 Å². The average molecular weight is 550 g/mol. The van der Waals surface area contributed by atoms with Crippen molar-refractivity contribution in [3.63, 3.8) is 0 Å². The molecule has 0 unspecified atom stereocenters. The largest absolute Gasteiger partial charge is 0.461 e. The lowest BCUT2D eigenvalue weighted by Gasteiger charge is -2.06. The summed E-state index contributed by atoms with van der Waals surface area (Å²) in [5.41, 5.74) is 0. The molecule has 0 aromatic carbocycles. The molecule has 0 aromatic heterocycles. The smallest absolute Gasteiger partial charge is 0.306 e. The molecule has 228 valence electrons. The Labute approximate surface area is 242 Å². The van der Waals surface area contributed by atoms with E-state index in [1.54, 1.807) is 0 Å². The molecule has 0 rings (SSSR count). The number of carbonyl (C=O) groups is 2. The van der Waals surface area contributed by atoms with Crippen molar-refractivity contribution in [2.24, 2.45) is 0 Å². The summed E-state index contributed by atoms with van der Waals surface area (Å²) >= 11 is 0. The van der Waals surface area contributed by atoms with E-state index in [1.807, 2.05) is 12.2 Å². The Balaban J connectivity index is 3.27. The Kier molecular flexibility index (Phi) is 31.2. The Hall–Kier alpha value is -1.62. The number of hydrogen-bond donors (Lipinski definition) is 1. The summed E-state index contributed by atoms with van der Waals surface area (Å²) in [6, 6.07) is 0. The summed E-state index contributed by atoms with van der Waals surface area (Å²) in [7, 11) is 0. The van der Waals surface area contributed by atoms with Crippen LogP contribution in [0.25, 0.3) is 0 Å². The summed E-state index contributed by atoms with van der Waals surface area (Å²) in [5, 5.41) is 3.54. The molecule has 1 N–H and O–H groups in total. The molecule has 5 nitrogen and oxygen atoms in total. The second kappa shape index (κ2) is 32.6. The van der Waals surface area contributed by atoms with Crippen LogP contribution in [0.4, 0.5) is 0 Å². The highest BCUT2D eigenvalue weighted by atomic mass is 16.5. The Bertz CT molecular complexity index is 538. The van der Waals surface area contributed by atoms with Crippen molar-refractivity contribution in [1.29, 1.82) is 0 Å². The van der Waals surface area contributed by atoms with Crippen molar-refractivity contribution in [3.8, 4) is 0 Å². The van der Waals surface area contributed by atoms with E-state index >= 15 is 0 Å². The average Bonchev–Trinajstić information content (AvgIpc) is 2.93. The molecule has 39 heavy (non-hydrogen) atoms. The first kappa shape index (κ1) is 37.4. The molecule has 0 aromatic rings. The van der Waals surface area contributed by atoms with Gasteiger partial charge < -0.3 is 14.8 Å². The number of nitrogens with one attached hydrogen (secondary N) is 1. The summed E-state index contributed by atoms with van der Waals surface area (Å²) in [6.07, 6.45) is 32.9. The maximum Gasteiger partial charge on any atom is 0.306 e. The van der Waals surface area contributed by atoms with E-state index in [-0.39, 0.29) is 11.9 Å². The predicted molar refractivity (Wildman–Crippen MR) is 166 cm³/mol. The van der Waals surface area contributed by atoms with Gasteiger partial charge in [0.15, 0.2) is 0 Å². The highest BCUT2D eigenvalue weighted by Crippen LogP contribution is 2.08. The van der Waals surface area contributed by atoms with Gasteiger partial charge in [0.2, 0.25) is 0 Å². The standard InChI is InChI=1S/C34H63NO4/c1-3-5-7-9-11-19-25-31-38-33(36)27-21-15-13-17-23-29-35-30-24-18-14-16-22-28-34(37)39-32-26-20-12-10-8-6-4-2/h19-20,25-26,35H,3-18,21-24,27-32H2,1-2H3/b25-19-,26-20-. The van der Waals surface area contributed by atoms with Crippen LogP contribution in [0.15, 0.2) is 24.3 Å². The van der Waals surface area contributed by atoms with Gasteiger partial charge in [-0.1, -0.05) is 115 Å². The van der Waals surface area contributed by atoms with Crippen LogP contribution in [0, 0.1) is 0 Å². The fraction of sp³-hybridized carbons (Fsp3) is 0.824. The van der Waals surface area contributed by atoms with E-state index in [1.165, 1.54) is 89.9 Å². The lowest BCUT2D eigenvalue weighted by molar-refractivity contribution is -0.143. The first-order chi connectivity index (χ1) is 19.2. The number of hydrogen-bond acceptors (Lipinski definition) is 5. The predicted octanol–water partition coefficient (Wildman–Crippen LogP) is 9.40. The van der Waals surface area contributed by atoms with E-state index in [2.05, 4.69) is 31.3 Å². The minimum atomic E-state index is -0.0662. The summed E-state index contributed by atoms with van der Waals surface area (Å²) < 4.78 is 10.5. The minimum Gasteiger partial charge on any atom is -0.461 e. The molecule has 0 aliphatic carbocycles. The third-order valence-electron chi connectivity index (χ3n) is 6.93. The van der Waals surface area contributed by atoms with Gasteiger partial charge in [0, 0.05) is 12.8 Å². The van der Waals surface area contributed by atoms with Crippen molar-refractivity contribution in [1.82, 2.24) is 5.32 Å². The first-order valence-electron chi connectivity index (χ1n) is 16.5. The van der Waals surface area contributed by atoms with Gasteiger partial charge >= 0.3 is 11.9 Å². The minimum absolute atomic E-state index is 0.0662. The second-order valence-corrected chi connectivity index (χ2v) is 10.8. The molecule has 0 amide bonds. The molecule has 0 saturated heterocycles. The molecule has 0 bridgehead atoms. The lowest BCUT2D eigenvalue weighted by Crippen LogP contribution is -2.16. The Morgan fingerprint density at radius 1 is 0.487 bits per heavy atom. The SMILES string of the molecule is CCCCCC/C=C\COC(=O)CCCCCCCNCCCCCCCC(=O)OC/C=C\CCCCCC. The van der Waals surface area contributed by atoms with Gasteiger partial charge in [-0.2, -0.15) is 0 Å². The number of carbonyl (C=O) groups excluding carboxylic acids is 2. The monoisotopic (exact) mass is 549 g/mol. The highest BCUT2D eigenvalue weighted by Gasteiger charge is 2.02. The van der Waals surface area contributed by atoms with Crippen LogP contribution < -0.4 is 5.32 Å². The number of ether oxygens (including phenoxy) is 2. The zero-order valence-corrected chi connectivity index (χ0v) is 25.8. The molecular weight excluding hydrogens is 486 g/mol. The highest BCUT2D eigenvalue weighted by molar-refractivity contribution is 5.69. The van der Waals surface area contributed by atoms with E-state index in [9.17, 15) is 9.59 Å². The second-order valence-electron chi connectivity index (χ2n) is 10.8. The zero-order chi connectivity index (χ0) is 28.5. The number of rotatable bonds is 30. The molecule has 0 heterocycles. The fourth-order valence-electron chi connectivity index (χ4n) is 4.40. The Morgan fingerprint density at radius 3 is 1.31 bits per heavy atom. The molecule has 0 radical (unpaired) electrons. The maximum absolute atomic E-state index is 11.8. The Morgan fingerprint density at radius 2 is 0.872 bits per heavy atom. The first-order valence-corrected chi connectivity index (χ1v) is 16.5. The number of unbranched alkanes of at least 4 members (excludes halogenated alkanes) is 16. The quantitative estimate of drug-likeness (QED) is 0.0549. The molecule has 0 aliphatic rings. The van der Waals surface area contributed by atoms with Gasteiger partial charge in [-0.15, -0.1) is 0 Å². The van der Waals surface area contributed by atoms with Crippen LogP contribution >= 0.6 is 0 Å². The zero-order valence-electron chi connectivity index (χ0n) is 25.8. The summed E-state index contributed by atoms with van der Waals surface area (Å²) in [4.78, 5) is 23.5. The molecule has 0 fully saturated rings. The third-order valence-corrected chi connectivity index (χ3v) is 6.93. The van der Waals surface area contributed by atoms with Crippen molar-refractivity contribution >= 4 is 11.9 Å². The van der Waals surface area contributed by atoms with E-state index in [4.69, 9.17) is 9.47 Å². The molecule has 5 heteroatoms. The van der Waals surface area contributed by atoms with Gasteiger partial charge in [-0.05, 0) is 64.5 Å². The van der Waals surface area contributed by atoms with Crippen LogP contribution in [-0.4, -0.2) is 38.2 Å². The number of allylic oxidation sites excluding steroid dienone is 2. The maximum atomic E-state index is 11.8. The molecule has 0 atom stereocenters. The summed E-state index contributed by atoms with van der Waals surface area (Å²) in [6.45, 7) is 7.44. The van der Waals surface area contributed by atoms with Gasteiger partial charge in [-0.3, -0.25) is 9.59 Å². The van der Waals surface area contributed by atoms with Crippen LogP contribution in [-0.2, 0) is 19.1 Å². The molecular formula is C34H63NO4. The molecule has 0 spiro atoms. The van der Waals surface area contributed by atoms with E-state index < -0.39 is 0 Å². The lowest BCUT2D eigenvalue weighted by atomic mass is 10.1. The van der Waals surface area contributed by atoms with Crippen LogP contribution in [0.3, 0.4) is 0 Å². The summed E-state index contributed by atoms with van der Waals surface area (Å²) in [5.74, 6) is -0.132. The topological polar surface area (TPSA) is 64.6 Å². The van der Waals surface area contributed by atoms with E-state index in [0.29, 0.717) is 26.1 Å². The van der Waals surface area contributed by atoms with Gasteiger partial charge in [0.05, 0.1) is 0 Å². The van der Waals surface area contributed by atoms with Gasteiger partial charge in [0.25, 0.3) is 0 Å². The van der Waals surface area contributed by atoms with Gasteiger partial charge in [0.1, 0.15) is 13.2 Å². The van der Waals surface area contributed by atoms with Crippen LogP contribution in [0.2, 0.25) is 0 Å². The third kappa shape index (κ3) is 32.5. The van der Waals surface area contributed by atoms with Crippen LogP contribution in [0.1, 0.15) is 155 Å². The number of esters is 2. The van der Waals surface area contributed by atoms with Crippen molar-refractivity contribution in [3.05, 3.63) is 24.3 Å². The fourth-order valence-corrected chi connectivity index (χ4v) is 4.40.